The summed E-state index contributed by atoms with van der Waals surface area (Å²) in [6, 6.07) is 17.2. The summed E-state index contributed by atoms with van der Waals surface area (Å²) in [6.07, 6.45) is 0.305. The molecule has 3 rings (SSSR count). The second kappa shape index (κ2) is 7.19. The largest absolute Gasteiger partial charge is 0.347 e. The first kappa shape index (κ1) is 15.4. The fourth-order valence-corrected chi connectivity index (χ4v) is 2.55. The van der Waals surface area contributed by atoms with Gasteiger partial charge >= 0.3 is 0 Å². The lowest BCUT2D eigenvalue weighted by molar-refractivity contribution is -0.120. The average molecular weight is 372 g/mol. The summed E-state index contributed by atoms with van der Waals surface area (Å²) < 4.78 is 6.11. The first-order valence-electron chi connectivity index (χ1n) is 7.10. The van der Waals surface area contributed by atoms with E-state index in [9.17, 15) is 4.79 Å². The van der Waals surface area contributed by atoms with Gasteiger partial charge in [0.2, 0.25) is 17.6 Å². The van der Waals surface area contributed by atoms with Gasteiger partial charge in [-0.2, -0.15) is 4.98 Å². The van der Waals surface area contributed by atoms with Crippen molar-refractivity contribution >= 4 is 21.8 Å². The third-order valence-electron chi connectivity index (χ3n) is 3.19. The highest BCUT2D eigenvalue weighted by atomic mass is 79.9. The van der Waals surface area contributed by atoms with Gasteiger partial charge in [-0.05, 0) is 17.7 Å². The monoisotopic (exact) mass is 371 g/mol. The van der Waals surface area contributed by atoms with Gasteiger partial charge in [0.05, 0.1) is 13.0 Å². The maximum atomic E-state index is 12.0. The third kappa shape index (κ3) is 4.26. The van der Waals surface area contributed by atoms with E-state index >= 15 is 0 Å². The Morgan fingerprint density at radius 1 is 1.13 bits per heavy atom. The predicted octanol–water partition coefficient (Wildman–Crippen LogP) is 3.36. The van der Waals surface area contributed by atoms with Crippen LogP contribution in [0, 0.1) is 0 Å². The highest BCUT2D eigenvalue weighted by Gasteiger charge is 2.10. The minimum atomic E-state index is -0.0949. The van der Waals surface area contributed by atoms with Crippen LogP contribution < -0.4 is 5.32 Å². The lowest BCUT2D eigenvalue weighted by Gasteiger charge is -2.03. The predicted molar refractivity (Wildman–Crippen MR) is 89.4 cm³/mol. The normalized spacial score (nSPS) is 10.5. The summed E-state index contributed by atoms with van der Waals surface area (Å²) in [6.45, 7) is 0.215. The Labute approximate surface area is 141 Å². The minimum absolute atomic E-state index is 0.0949. The second-order valence-electron chi connectivity index (χ2n) is 4.96. The summed E-state index contributed by atoms with van der Waals surface area (Å²) in [5.74, 6) is 0.802. The number of nitrogens with one attached hydrogen (secondary N) is 1. The topological polar surface area (TPSA) is 68.0 Å². The molecule has 5 nitrogen and oxygen atoms in total. The molecule has 0 radical (unpaired) electrons. The lowest BCUT2D eigenvalue weighted by atomic mass is 10.1. The van der Waals surface area contributed by atoms with Crippen LogP contribution in [-0.2, 0) is 17.8 Å². The quantitative estimate of drug-likeness (QED) is 0.746. The van der Waals surface area contributed by atoms with Gasteiger partial charge in [0.15, 0.2) is 0 Å². The van der Waals surface area contributed by atoms with Gasteiger partial charge in [0.1, 0.15) is 0 Å². The molecule has 1 N–H and O–H groups in total. The third-order valence-corrected chi connectivity index (χ3v) is 3.68. The second-order valence-corrected chi connectivity index (χ2v) is 5.88. The molecule has 0 aliphatic heterocycles. The van der Waals surface area contributed by atoms with Gasteiger partial charge < -0.3 is 9.84 Å². The van der Waals surface area contributed by atoms with Crippen molar-refractivity contribution in [3.05, 3.63) is 70.5 Å². The maximum Gasteiger partial charge on any atom is 0.246 e. The molecular formula is C17H14BrN3O2. The van der Waals surface area contributed by atoms with Gasteiger partial charge in [-0.25, -0.2) is 0 Å². The van der Waals surface area contributed by atoms with E-state index in [2.05, 4.69) is 31.4 Å². The maximum absolute atomic E-state index is 12.0. The van der Waals surface area contributed by atoms with Crippen LogP contribution >= 0.6 is 15.9 Å². The highest BCUT2D eigenvalue weighted by Crippen LogP contribution is 2.15. The molecule has 0 saturated carbocycles. The molecule has 3 aromatic rings. The van der Waals surface area contributed by atoms with Crippen LogP contribution in [-0.4, -0.2) is 16.0 Å². The van der Waals surface area contributed by atoms with E-state index in [1.165, 1.54) is 0 Å². The van der Waals surface area contributed by atoms with Crippen molar-refractivity contribution in [2.75, 3.05) is 0 Å². The average Bonchev–Trinajstić information content (AvgIpc) is 3.03. The molecule has 0 aliphatic rings. The Morgan fingerprint density at radius 2 is 1.96 bits per heavy atom. The van der Waals surface area contributed by atoms with Gasteiger partial charge in [-0.1, -0.05) is 63.6 Å². The molecule has 0 saturated heterocycles. The SMILES string of the molecule is O=C(Cc1cccc(Br)c1)NCc1nc(-c2ccccc2)no1. The fourth-order valence-electron chi connectivity index (χ4n) is 2.10. The number of carbonyl (C=O) groups is 1. The molecule has 0 spiro atoms. The first-order chi connectivity index (χ1) is 11.2. The molecule has 0 atom stereocenters. The van der Waals surface area contributed by atoms with Crippen molar-refractivity contribution in [2.24, 2.45) is 0 Å². The standard InChI is InChI=1S/C17H14BrN3O2/c18-14-8-4-5-12(9-14)10-15(22)19-11-16-20-17(21-23-16)13-6-2-1-3-7-13/h1-9H,10-11H2,(H,19,22). The van der Waals surface area contributed by atoms with Crippen LogP contribution in [0.25, 0.3) is 11.4 Å². The molecule has 116 valence electrons. The summed E-state index contributed by atoms with van der Waals surface area (Å²) in [7, 11) is 0. The molecule has 0 fully saturated rings. The fraction of sp³-hybridized carbons (Fsp3) is 0.118. The van der Waals surface area contributed by atoms with Gasteiger partial charge in [-0.3, -0.25) is 4.79 Å². The van der Waals surface area contributed by atoms with Crippen molar-refractivity contribution < 1.29 is 9.32 Å². The van der Waals surface area contributed by atoms with Gasteiger partial charge in [0.25, 0.3) is 0 Å². The summed E-state index contributed by atoms with van der Waals surface area (Å²) in [5.41, 5.74) is 1.82. The molecule has 23 heavy (non-hydrogen) atoms. The number of carbonyl (C=O) groups excluding carboxylic acids is 1. The Morgan fingerprint density at radius 3 is 2.74 bits per heavy atom. The van der Waals surface area contributed by atoms with E-state index < -0.39 is 0 Å². The number of aromatic nitrogens is 2. The summed E-state index contributed by atoms with van der Waals surface area (Å²) in [4.78, 5) is 16.2. The zero-order valence-corrected chi connectivity index (χ0v) is 13.8. The number of halogens is 1. The lowest BCUT2D eigenvalue weighted by Crippen LogP contribution is -2.24. The van der Waals surface area contributed by atoms with E-state index in [-0.39, 0.29) is 12.5 Å². The molecule has 1 heterocycles. The Kier molecular flexibility index (Phi) is 4.83. The Balaban J connectivity index is 1.56. The minimum Gasteiger partial charge on any atom is -0.347 e. The number of rotatable bonds is 5. The number of hydrogen-bond acceptors (Lipinski definition) is 4. The molecule has 1 aromatic heterocycles. The molecular weight excluding hydrogens is 358 g/mol. The van der Waals surface area contributed by atoms with E-state index in [0.29, 0.717) is 18.1 Å². The number of nitrogens with zero attached hydrogens (tertiary/aromatic N) is 2. The van der Waals surface area contributed by atoms with Crippen LogP contribution in [0.4, 0.5) is 0 Å². The number of amides is 1. The molecule has 2 aromatic carbocycles. The highest BCUT2D eigenvalue weighted by molar-refractivity contribution is 9.10. The van der Waals surface area contributed by atoms with Crippen LogP contribution in [0.5, 0.6) is 0 Å². The van der Waals surface area contributed by atoms with Crippen LogP contribution in [0.1, 0.15) is 11.5 Å². The van der Waals surface area contributed by atoms with Gasteiger partial charge in [-0.15, -0.1) is 0 Å². The number of benzene rings is 2. The first-order valence-corrected chi connectivity index (χ1v) is 7.89. The smallest absolute Gasteiger partial charge is 0.246 e. The van der Waals surface area contributed by atoms with Crippen LogP contribution in [0.3, 0.4) is 0 Å². The van der Waals surface area contributed by atoms with Crippen molar-refractivity contribution in [2.45, 2.75) is 13.0 Å². The Hall–Kier alpha value is -2.47. The van der Waals surface area contributed by atoms with Crippen LogP contribution in [0.2, 0.25) is 0 Å². The van der Waals surface area contributed by atoms with Crippen molar-refractivity contribution in [1.82, 2.24) is 15.5 Å². The molecule has 0 bridgehead atoms. The van der Waals surface area contributed by atoms with Crippen molar-refractivity contribution in [3.63, 3.8) is 0 Å². The summed E-state index contributed by atoms with van der Waals surface area (Å²) >= 11 is 3.39. The van der Waals surface area contributed by atoms with E-state index in [4.69, 9.17) is 4.52 Å². The zero-order valence-electron chi connectivity index (χ0n) is 12.2. The van der Waals surface area contributed by atoms with Crippen molar-refractivity contribution in [1.29, 1.82) is 0 Å². The Bertz CT molecular complexity index is 802. The molecule has 1 amide bonds. The molecule has 0 aliphatic carbocycles. The molecule has 6 heteroatoms. The summed E-state index contributed by atoms with van der Waals surface area (Å²) in [5, 5.41) is 6.70. The van der Waals surface area contributed by atoms with E-state index in [1.807, 2.05) is 54.6 Å². The van der Waals surface area contributed by atoms with E-state index in [0.717, 1.165) is 15.6 Å². The zero-order chi connectivity index (χ0) is 16.1. The number of hydrogen-bond donors (Lipinski definition) is 1. The van der Waals surface area contributed by atoms with E-state index in [1.54, 1.807) is 0 Å². The van der Waals surface area contributed by atoms with Crippen molar-refractivity contribution in [3.8, 4) is 11.4 Å². The van der Waals surface area contributed by atoms with Crippen LogP contribution in [0.15, 0.2) is 63.6 Å². The van der Waals surface area contributed by atoms with Gasteiger partial charge in [0, 0.05) is 10.0 Å². The molecule has 0 unspecified atom stereocenters.